The van der Waals surface area contributed by atoms with Crippen molar-refractivity contribution < 1.29 is 0 Å². The van der Waals surface area contributed by atoms with E-state index in [2.05, 4.69) is 17.6 Å². The van der Waals surface area contributed by atoms with E-state index in [1.807, 2.05) is 0 Å². The van der Waals surface area contributed by atoms with E-state index < -0.39 is 0 Å². The molecule has 0 unspecified atom stereocenters. The lowest BCUT2D eigenvalue weighted by molar-refractivity contribution is 0.604. The van der Waals surface area contributed by atoms with Gasteiger partial charge in [-0.2, -0.15) is 0 Å². The van der Waals surface area contributed by atoms with Crippen LogP contribution in [0.15, 0.2) is 0 Å². The highest BCUT2D eigenvalue weighted by Crippen LogP contribution is 1.79. The molecule has 0 heterocycles. The Morgan fingerprint density at radius 3 is 2.40 bits per heavy atom. The molecule has 10 heavy (non-hydrogen) atoms. The van der Waals surface area contributed by atoms with Crippen LogP contribution in [0.3, 0.4) is 0 Å². The summed E-state index contributed by atoms with van der Waals surface area (Å²) < 4.78 is 0. The average Bonchev–Trinajstić information content (AvgIpc) is 1.97. The van der Waals surface area contributed by atoms with Crippen molar-refractivity contribution in [2.75, 3.05) is 26.3 Å². The third-order valence-corrected chi connectivity index (χ3v) is 1.23. The zero-order valence-corrected chi connectivity index (χ0v) is 6.53. The van der Waals surface area contributed by atoms with Crippen molar-refractivity contribution in [2.24, 2.45) is 5.73 Å². The summed E-state index contributed by atoms with van der Waals surface area (Å²) in [6.45, 7) is 7.32. The van der Waals surface area contributed by atoms with Crippen molar-refractivity contribution in [1.29, 1.82) is 0 Å². The van der Waals surface area contributed by atoms with Crippen molar-refractivity contribution in [2.45, 2.75) is 12.8 Å². The molecule has 0 aliphatic rings. The second-order valence-electron chi connectivity index (χ2n) is 2.16. The molecule has 0 aromatic heterocycles. The van der Waals surface area contributed by atoms with E-state index in [1.54, 1.807) is 0 Å². The first kappa shape index (κ1) is 9.88. The molecule has 0 aromatic carbocycles. The summed E-state index contributed by atoms with van der Waals surface area (Å²) in [7, 11) is 0. The van der Waals surface area contributed by atoms with E-state index in [4.69, 9.17) is 5.73 Å². The highest BCUT2D eigenvalue weighted by molar-refractivity contribution is 4.50. The highest BCUT2D eigenvalue weighted by Gasteiger charge is 1.84. The molecule has 0 atom stereocenters. The Morgan fingerprint density at radius 2 is 1.80 bits per heavy atom. The molecule has 0 saturated carbocycles. The average molecular weight is 144 g/mol. The molecule has 0 bridgehead atoms. The molecular weight excluding hydrogens is 126 g/mol. The molecule has 0 amide bonds. The smallest absolute Gasteiger partial charge is 0.0429 e. The van der Waals surface area contributed by atoms with Gasteiger partial charge in [0.05, 0.1) is 0 Å². The van der Waals surface area contributed by atoms with Gasteiger partial charge in [-0.25, -0.2) is 0 Å². The first-order chi connectivity index (χ1) is 4.91. The van der Waals surface area contributed by atoms with Gasteiger partial charge in [-0.15, -0.1) is 0 Å². The maximum absolute atomic E-state index is 5.22. The molecule has 0 saturated heterocycles. The molecule has 0 aliphatic carbocycles. The Morgan fingerprint density at radius 1 is 1.10 bits per heavy atom. The Balaban J connectivity index is 2.65. The fraction of sp³-hybridized carbons (Fsp3) is 0.857. The zero-order valence-electron chi connectivity index (χ0n) is 6.53. The van der Waals surface area contributed by atoms with Gasteiger partial charge in [-0.3, -0.25) is 0 Å². The summed E-state index contributed by atoms with van der Waals surface area (Å²) in [6, 6.07) is 0. The van der Waals surface area contributed by atoms with Crippen LogP contribution in [0.25, 0.3) is 0 Å². The predicted molar refractivity (Wildman–Crippen MR) is 44.5 cm³/mol. The van der Waals surface area contributed by atoms with Crippen LogP contribution >= 0.6 is 0 Å². The number of hydrogen-bond donors (Lipinski definition) is 3. The monoisotopic (exact) mass is 144 g/mol. The van der Waals surface area contributed by atoms with Crippen molar-refractivity contribution in [3.05, 3.63) is 6.92 Å². The van der Waals surface area contributed by atoms with Gasteiger partial charge in [-0.05, 0) is 13.0 Å². The van der Waals surface area contributed by atoms with Crippen LogP contribution in [0.1, 0.15) is 12.8 Å². The molecule has 1 radical (unpaired) electrons. The molecule has 3 nitrogen and oxygen atoms in total. The summed E-state index contributed by atoms with van der Waals surface area (Å²) >= 11 is 0. The molecule has 4 N–H and O–H groups in total. The normalized spacial score (nSPS) is 10.2. The van der Waals surface area contributed by atoms with Crippen LogP contribution in [0.4, 0.5) is 0 Å². The number of nitrogens with two attached hydrogens (primary N) is 1. The third kappa shape index (κ3) is 7.88. The van der Waals surface area contributed by atoms with Crippen LogP contribution in [-0.4, -0.2) is 26.3 Å². The first-order valence-corrected chi connectivity index (χ1v) is 3.82. The van der Waals surface area contributed by atoms with Gasteiger partial charge < -0.3 is 16.4 Å². The summed E-state index contributed by atoms with van der Waals surface area (Å²) in [4.78, 5) is 0. The summed E-state index contributed by atoms with van der Waals surface area (Å²) in [5.74, 6) is 0. The van der Waals surface area contributed by atoms with E-state index in [0.29, 0.717) is 6.67 Å². The van der Waals surface area contributed by atoms with Crippen LogP contribution in [0, 0.1) is 6.92 Å². The Labute approximate surface area is 63.4 Å². The van der Waals surface area contributed by atoms with E-state index in [1.165, 1.54) is 0 Å². The minimum absolute atomic E-state index is 0.566. The van der Waals surface area contributed by atoms with E-state index in [-0.39, 0.29) is 0 Å². The minimum Gasteiger partial charge on any atom is -0.318 e. The van der Waals surface area contributed by atoms with Gasteiger partial charge in [0.1, 0.15) is 0 Å². The Bertz CT molecular complexity index is 48.8. The SMILES string of the molecule is [CH2]CCCNCCNCN. The topological polar surface area (TPSA) is 50.1 Å². The molecular formula is C7H18N3. The lowest BCUT2D eigenvalue weighted by Gasteiger charge is -2.02. The van der Waals surface area contributed by atoms with Gasteiger partial charge in [-0.1, -0.05) is 13.3 Å². The van der Waals surface area contributed by atoms with Gasteiger partial charge in [0.2, 0.25) is 0 Å². The molecule has 0 fully saturated rings. The maximum atomic E-state index is 5.22. The third-order valence-electron chi connectivity index (χ3n) is 1.23. The van der Waals surface area contributed by atoms with Crippen molar-refractivity contribution >= 4 is 0 Å². The molecule has 0 spiro atoms. The second kappa shape index (κ2) is 8.88. The lowest BCUT2D eigenvalue weighted by Crippen LogP contribution is -2.31. The molecule has 0 aliphatic heterocycles. The summed E-state index contributed by atoms with van der Waals surface area (Å²) in [5.41, 5.74) is 5.22. The quantitative estimate of drug-likeness (QED) is 0.339. The standard InChI is InChI=1S/C7H18N3/c1-2-3-4-9-5-6-10-7-8/h9-10H,1-8H2. The second-order valence-corrected chi connectivity index (χ2v) is 2.16. The van der Waals surface area contributed by atoms with E-state index in [0.717, 1.165) is 32.5 Å². The highest BCUT2D eigenvalue weighted by atomic mass is 15.0. The van der Waals surface area contributed by atoms with E-state index in [9.17, 15) is 0 Å². The fourth-order valence-electron chi connectivity index (χ4n) is 0.654. The maximum Gasteiger partial charge on any atom is 0.0429 e. The molecule has 0 rings (SSSR count). The summed E-state index contributed by atoms with van der Waals surface area (Å²) in [5, 5.41) is 6.29. The lowest BCUT2D eigenvalue weighted by atomic mass is 10.3. The van der Waals surface area contributed by atoms with Crippen molar-refractivity contribution in [3.8, 4) is 0 Å². The number of nitrogens with one attached hydrogen (secondary N) is 2. The number of unbranched alkanes of at least 4 members (excludes halogenated alkanes) is 1. The number of rotatable bonds is 7. The Hall–Kier alpha value is -0.120. The predicted octanol–water partition coefficient (Wildman–Crippen LogP) is -0.304. The summed E-state index contributed by atoms with van der Waals surface area (Å²) in [6.07, 6.45) is 2.17. The Kier molecular flexibility index (Phi) is 8.77. The largest absolute Gasteiger partial charge is 0.318 e. The van der Waals surface area contributed by atoms with Crippen LogP contribution in [-0.2, 0) is 0 Å². The number of hydrogen-bond acceptors (Lipinski definition) is 3. The van der Waals surface area contributed by atoms with Crippen molar-refractivity contribution in [1.82, 2.24) is 10.6 Å². The molecule has 0 aromatic rings. The van der Waals surface area contributed by atoms with Gasteiger partial charge in [0.25, 0.3) is 0 Å². The van der Waals surface area contributed by atoms with Gasteiger partial charge >= 0.3 is 0 Å². The van der Waals surface area contributed by atoms with Crippen LogP contribution in [0.2, 0.25) is 0 Å². The van der Waals surface area contributed by atoms with Gasteiger partial charge in [0.15, 0.2) is 0 Å². The van der Waals surface area contributed by atoms with E-state index >= 15 is 0 Å². The van der Waals surface area contributed by atoms with Crippen LogP contribution in [0.5, 0.6) is 0 Å². The van der Waals surface area contributed by atoms with Crippen molar-refractivity contribution in [3.63, 3.8) is 0 Å². The minimum atomic E-state index is 0.566. The van der Waals surface area contributed by atoms with Gasteiger partial charge in [0, 0.05) is 19.8 Å². The van der Waals surface area contributed by atoms with Crippen LogP contribution < -0.4 is 16.4 Å². The fourth-order valence-corrected chi connectivity index (χ4v) is 0.654. The zero-order chi connectivity index (χ0) is 7.66. The molecule has 61 valence electrons. The molecule has 3 heteroatoms. The first-order valence-electron chi connectivity index (χ1n) is 3.82.